The van der Waals surface area contributed by atoms with Gasteiger partial charge in [-0.05, 0) is 41.7 Å². The van der Waals surface area contributed by atoms with E-state index < -0.39 is 0 Å². The monoisotopic (exact) mass is 226 g/mol. The van der Waals surface area contributed by atoms with Crippen LogP contribution in [0.1, 0.15) is 30.9 Å². The second-order valence-electron chi connectivity index (χ2n) is 4.34. The van der Waals surface area contributed by atoms with Gasteiger partial charge in [0.05, 0.1) is 6.10 Å². The average molecular weight is 226 g/mol. The van der Waals surface area contributed by atoms with Gasteiger partial charge in [-0.15, -0.1) is 6.58 Å². The van der Waals surface area contributed by atoms with Gasteiger partial charge >= 0.3 is 0 Å². The Bertz CT molecular complexity index is 502. The summed E-state index contributed by atoms with van der Waals surface area (Å²) in [5.74, 6) is 0. The van der Waals surface area contributed by atoms with Crippen molar-refractivity contribution in [2.24, 2.45) is 0 Å². The molecule has 0 aliphatic carbocycles. The fraction of sp³-hybridized carbons (Fsp3) is 0.250. The minimum Gasteiger partial charge on any atom is -0.388 e. The summed E-state index contributed by atoms with van der Waals surface area (Å²) in [7, 11) is 0. The highest BCUT2D eigenvalue weighted by Gasteiger charge is 2.07. The van der Waals surface area contributed by atoms with Gasteiger partial charge < -0.3 is 5.11 Å². The Labute approximate surface area is 102 Å². The number of rotatable bonds is 5. The van der Waals surface area contributed by atoms with Crippen LogP contribution >= 0.6 is 0 Å². The fourth-order valence-corrected chi connectivity index (χ4v) is 2.04. The zero-order chi connectivity index (χ0) is 12.1. The molecule has 0 fully saturated rings. The van der Waals surface area contributed by atoms with Crippen molar-refractivity contribution < 1.29 is 5.11 Å². The minimum atomic E-state index is -0.362. The van der Waals surface area contributed by atoms with E-state index in [1.54, 1.807) is 0 Å². The molecule has 1 atom stereocenters. The number of aliphatic hydroxyl groups is 1. The molecule has 1 heteroatoms. The first-order valence-corrected chi connectivity index (χ1v) is 6.09. The van der Waals surface area contributed by atoms with Crippen molar-refractivity contribution in [1.29, 1.82) is 0 Å². The van der Waals surface area contributed by atoms with E-state index in [1.165, 1.54) is 10.8 Å². The highest BCUT2D eigenvalue weighted by Crippen LogP contribution is 2.23. The van der Waals surface area contributed by atoms with Crippen molar-refractivity contribution in [3.63, 3.8) is 0 Å². The number of fused-ring (bicyclic) bond motifs is 1. The van der Waals surface area contributed by atoms with Gasteiger partial charge in [0.1, 0.15) is 0 Å². The molecule has 1 N–H and O–H groups in total. The molecule has 2 aromatic carbocycles. The molecule has 2 rings (SSSR count). The third kappa shape index (κ3) is 2.95. The van der Waals surface area contributed by atoms with Crippen LogP contribution in [0.3, 0.4) is 0 Å². The van der Waals surface area contributed by atoms with Crippen molar-refractivity contribution in [3.05, 3.63) is 60.7 Å². The Balaban J connectivity index is 2.15. The minimum absolute atomic E-state index is 0.362. The predicted octanol–water partition coefficient (Wildman–Crippen LogP) is 4.23. The van der Waals surface area contributed by atoms with Crippen LogP contribution in [-0.4, -0.2) is 5.11 Å². The van der Waals surface area contributed by atoms with Gasteiger partial charge in [-0.1, -0.05) is 42.5 Å². The van der Waals surface area contributed by atoms with E-state index in [0.717, 1.165) is 24.8 Å². The Morgan fingerprint density at radius 2 is 1.88 bits per heavy atom. The van der Waals surface area contributed by atoms with E-state index in [-0.39, 0.29) is 6.10 Å². The van der Waals surface area contributed by atoms with Crippen molar-refractivity contribution in [1.82, 2.24) is 0 Å². The van der Waals surface area contributed by atoms with Gasteiger partial charge in [0, 0.05) is 0 Å². The molecule has 1 unspecified atom stereocenters. The highest BCUT2D eigenvalue weighted by molar-refractivity contribution is 5.83. The molecule has 0 amide bonds. The molecule has 17 heavy (non-hydrogen) atoms. The van der Waals surface area contributed by atoms with Crippen molar-refractivity contribution >= 4 is 10.8 Å². The summed E-state index contributed by atoms with van der Waals surface area (Å²) in [6.45, 7) is 3.69. The summed E-state index contributed by atoms with van der Waals surface area (Å²) in [5.41, 5.74) is 1.01. The zero-order valence-corrected chi connectivity index (χ0v) is 9.97. The van der Waals surface area contributed by atoms with E-state index in [0.29, 0.717) is 0 Å². The van der Waals surface area contributed by atoms with Crippen LogP contribution in [0.25, 0.3) is 10.8 Å². The van der Waals surface area contributed by atoms with Gasteiger partial charge in [0.2, 0.25) is 0 Å². The maximum atomic E-state index is 10.1. The second-order valence-corrected chi connectivity index (χ2v) is 4.34. The lowest BCUT2D eigenvalue weighted by Gasteiger charge is -2.11. The van der Waals surface area contributed by atoms with E-state index >= 15 is 0 Å². The first kappa shape index (κ1) is 11.9. The van der Waals surface area contributed by atoms with Crippen molar-refractivity contribution in [3.8, 4) is 0 Å². The van der Waals surface area contributed by atoms with Gasteiger partial charge in [-0.3, -0.25) is 0 Å². The number of hydrogen-bond acceptors (Lipinski definition) is 1. The zero-order valence-electron chi connectivity index (χ0n) is 9.97. The molecule has 0 aromatic heterocycles. The Hall–Kier alpha value is -1.60. The molecule has 0 bridgehead atoms. The second kappa shape index (κ2) is 5.65. The van der Waals surface area contributed by atoms with E-state index in [4.69, 9.17) is 0 Å². The number of unbranched alkanes of at least 4 members (excludes halogenated alkanes) is 1. The smallest absolute Gasteiger partial charge is 0.0790 e. The topological polar surface area (TPSA) is 20.2 Å². The normalized spacial score (nSPS) is 12.5. The van der Waals surface area contributed by atoms with Crippen LogP contribution in [0.15, 0.2) is 55.1 Å². The molecule has 0 radical (unpaired) electrons. The van der Waals surface area contributed by atoms with Gasteiger partial charge in [0.15, 0.2) is 0 Å². The standard InChI is InChI=1S/C16H18O/c1-2-3-4-9-16(17)15-11-10-13-7-5-6-8-14(13)12-15/h2,5-8,10-12,16-17H,1,3-4,9H2. The number of allylic oxidation sites excluding steroid dienone is 1. The summed E-state index contributed by atoms with van der Waals surface area (Å²) < 4.78 is 0. The largest absolute Gasteiger partial charge is 0.388 e. The summed E-state index contributed by atoms with van der Waals surface area (Å²) >= 11 is 0. The summed E-state index contributed by atoms with van der Waals surface area (Å²) in [6.07, 6.45) is 4.28. The molecule has 2 aromatic rings. The summed E-state index contributed by atoms with van der Waals surface area (Å²) in [5, 5.41) is 12.5. The van der Waals surface area contributed by atoms with Crippen molar-refractivity contribution in [2.45, 2.75) is 25.4 Å². The lowest BCUT2D eigenvalue weighted by atomic mass is 10.0. The highest BCUT2D eigenvalue weighted by atomic mass is 16.3. The van der Waals surface area contributed by atoms with Crippen LogP contribution in [0.4, 0.5) is 0 Å². The molecule has 0 saturated carbocycles. The fourth-order valence-electron chi connectivity index (χ4n) is 2.04. The van der Waals surface area contributed by atoms with Crippen LogP contribution in [0.2, 0.25) is 0 Å². The Kier molecular flexibility index (Phi) is 3.94. The van der Waals surface area contributed by atoms with Gasteiger partial charge in [-0.2, -0.15) is 0 Å². The molecule has 88 valence electrons. The predicted molar refractivity (Wildman–Crippen MR) is 73.0 cm³/mol. The average Bonchev–Trinajstić information content (AvgIpc) is 2.38. The summed E-state index contributed by atoms with van der Waals surface area (Å²) in [4.78, 5) is 0. The molecule has 0 heterocycles. The van der Waals surface area contributed by atoms with Crippen LogP contribution < -0.4 is 0 Å². The van der Waals surface area contributed by atoms with E-state index in [2.05, 4.69) is 30.8 Å². The van der Waals surface area contributed by atoms with Crippen LogP contribution in [-0.2, 0) is 0 Å². The number of benzene rings is 2. The van der Waals surface area contributed by atoms with Crippen molar-refractivity contribution in [2.75, 3.05) is 0 Å². The molecule has 0 aliphatic rings. The SMILES string of the molecule is C=CCCCC(O)c1ccc2ccccc2c1. The van der Waals surface area contributed by atoms with E-state index in [1.807, 2.05) is 24.3 Å². The molecular formula is C16H18O. The first-order chi connectivity index (χ1) is 8.31. The lowest BCUT2D eigenvalue weighted by Crippen LogP contribution is -1.96. The van der Waals surface area contributed by atoms with E-state index in [9.17, 15) is 5.11 Å². The molecule has 1 nitrogen and oxygen atoms in total. The summed E-state index contributed by atoms with van der Waals surface area (Å²) in [6, 6.07) is 14.4. The Morgan fingerprint density at radius 3 is 2.65 bits per heavy atom. The van der Waals surface area contributed by atoms with Gasteiger partial charge in [-0.25, -0.2) is 0 Å². The van der Waals surface area contributed by atoms with Crippen LogP contribution in [0, 0.1) is 0 Å². The third-order valence-corrected chi connectivity index (χ3v) is 3.04. The number of hydrogen-bond donors (Lipinski definition) is 1. The molecule has 0 saturated heterocycles. The molecule has 0 aliphatic heterocycles. The Morgan fingerprint density at radius 1 is 1.12 bits per heavy atom. The molecular weight excluding hydrogens is 208 g/mol. The maximum absolute atomic E-state index is 10.1. The third-order valence-electron chi connectivity index (χ3n) is 3.04. The van der Waals surface area contributed by atoms with Crippen LogP contribution in [0.5, 0.6) is 0 Å². The molecule has 0 spiro atoms. The maximum Gasteiger partial charge on any atom is 0.0790 e. The quantitative estimate of drug-likeness (QED) is 0.597. The van der Waals surface area contributed by atoms with Gasteiger partial charge in [0.25, 0.3) is 0 Å². The first-order valence-electron chi connectivity index (χ1n) is 6.09. The lowest BCUT2D eigenvalue weighted by molar-refractivity contribution is 0.165. The number of aliphatic hydroxyl groups excluding tert-OH is 1.